The lowest BCUT2D eigenvalue weighted by molar-refractivity contribution is -0.173. The number of hydrogen-bond donors (Lipinski definition) is 1. The number of hydrogen-bond acceptors (Lipinski definition) is 1. The predicted molar refractivity (Wildman–Crippen MR) is 56.9 cm³/mol. The highest BCUT2D eigenvalue weighted by Crippen LogP contribution is 2.17. The number of halogens is 5. The van der Waals surface area contributed by atoms with Crippen LogP contribution in [0.5, 0.6) is 0 Å². The van der Waals surface area contributed by atoms with Crippen LogP contribution in [-0.4, -0.2) is 18.6 Å². The summed E-state index contributed by atoms with van der Waals surface area (Å²) in [6.07, 6.45) is -4.68. The molecule has 0 atom stereocenters. The van der Waals surface area contributed by atoms with Crippen LogP contribution in [0.15, 0.2) is 22.7 Å². The van der Waals surface area contributed by atoms with Crippen LogP contribution in [0.25, 0.3) is 0 Å². The Kier molecular flexibility index (Phi) is 4.50. The molecule has 0 unspecified atom stereocenters. The maximum absolute atomic E-state index is 12.8. The summed E-state index contributed by atoms with van der Waals surface area (Å²) >= 11 is 2.96. The van der Waals surface area contributed by atoms with Gasteiger partial charge in [0.25, 0.3) is 0 Å². The van der Waals surface area contributed by atoms with Crippen LogP contribution in [0.2, 0.25) is 0 Å². The normalized spacial score (nSPS) is 11.4. The maximum Gasteiger partial charge on any atom is 0.471 e. The molecule has 0 bridgehead atoms. The standard InChI is InChI=1S/C10H8BrF4NO/c11-7-5-6(1-2-8(7)12)3-4-16-9(17)10(13,14)15/h1-2,5H,3-4H2,(H,16,17). The lowest BCUT2D eigenvalue weighted by Gasteiger charge is -2.08. The van der Waals surface area contributed by atoms with Crippen molar-refractivity contribution in [1.29, 1.82) is 0 Å². The van der Waals surface area contributed by atoms with E-state index in [2.05, 4.69) is 15.9 Å². The van der Waals surface area contributed by atoms with Crippen LogP contribution >= 0.6 is 15.9 Å². The van der Waals surface area contributed by atoms with E-state index in [0.717, 1.165) is 0 Å². The van der Waals surface area contributed by atoms with Crippen LogP contribution in [0.4, 0.5) is 17.6 Å². The zero-order chi connectivity index (χ0) is 13.1. The van der Waals surface area contributed by atoms with Gasteiger partial charge in [-0.2, -0.15) is 13.2 Å². The molecule has 2 nitrogen and oxygen atoms in total. The molecule has 0 heterocycles. The highest BCUT2D eigenvalue weighted by Gasteiger charge is 2.38. The molecule has 1 aromatic rings. The number of carbonyl (C=O) groups excluding carboxylic acids is 1. The van der Waals surface area contributed by atoms with Gasteiger partial charge < -0.3 is 5.32 Å². The summed E-state index contributed by atoms with van der Waals surface area (Å²) in [4.78, 5) is 10.5. The van der Waals surface area contributed by atoms with E-state index in [4.69, 9.17) is 0 Å². The molecule has 0 spiro atoms. The average molecular weight is 314 g/mol. The molecule has 0 aliphatic carbocycles. The summed E-state index contributed by atoms with van der Waals surface area (Å²) in [5.74, 6) is -2.42. The second kappa shape index (κ2) is 5.48. The molecule has 94 valence electrons. The van der Waals surface area contributed by atoms with E-state index < -0.39 is 17.9 Å². The maximum atomic E-state index is 12.8. The quantitative estimate of drug-likeness (QED) is 0.854. The van der Waals surface area contributed by atoms with Crippen molar-refractivity contribution in [2.24, 2.45) is 0 Å². The van der Waals surface area contributed by atoms with Crippen LogP contribution in [0.3, 0.4) is 0 Å². The van der Waals surface area contributed by atoms with Gasteiger partial charge in [-0.25, -0.2) is 4.39 Å². The Balaban J connectivity index is 2.46. The molecule has 1 aromatic carbocycles. The molecule has 1 N–H and O–H groups in total. The fourth-order valence-electron chi connectivity index (χ4n) is 1.12. The summed E-state index contributed by atoms with van der Waals surface area (Å²) in [5.41, 5.74) is 0.626. The number of rotatable bonds is 3. The van der Waals surface area contributed by atoms with Crippen LogP contribution in [0.1, 0.15) is 5.56 Å². The van der Waals surface area contributed by atoms with Gasteiger partial charge in [0.05, 0.1) is 4.47 Å². The Hall–Kier alpha value is -1.11. The third-order valence-electron chi connectivity index (χ3n) is 1.94. The number of carbonyl (C=O) groups is 1. The van der Waals surface area contributed by atoms with Crippen LogP contribution in [0, 0.1) is 5.82 Å². The van der Waals surface area contributed by atoms with Crippen LogP contribution in [-0.2, 0) is 11.2 Å². The Morgan fingerprint density at radius 1 is 1.35 bits per heavy atom. The zero-order valence-corrected chi connectivity index (χ0v) is 10.0. The first-order valence-corrected chi connectivity index (χ1v) is 5.39. The van der Waals surface area contributed by atoms with E-state index in [-0.39, 0.29) is 17.4 Å². The molecule has 7 heteroatoms. The molecule has 0 radical (unpaired) electrons. The third-order valence-corrected chi connectivity index (χ3v) is 2.55. The first-order valence-electron chi connectivity index (χ1n) is 4.59. The summed E-state index contributed by atoms with van der Waals surface area (Å²) in [7, 11) is 0. The van der Waals surface area contributed by atoms with E-state index in [0.29, 0.717) is 5.56 Å². The Bertz CT molecular complexity index is 419. The van der Waals surface area contributed by atoms with Gasteiger partial charge in [-0.3, -0.25) is 4.79 Å². The van der Waals surface area contributed by atoms with Gasteiger partial charge >= 0.3 is 12.1 Å². The van der Waals surface area contributed by atoms with Gasteiger partial charge in [-0.15, -0.1) is 0 Å². The molecular formula is C10H8BrF4NO. The summed E-state index contributed by atoms with van der Waals surface area (Å²) in [6, 6.07) is 4.10. The number of amides is 1. The van der Waals surface area contributed by atoms with Crippen molar-refractivity contribution in [3.63, 3.8) is 0 Å². The van der Waals surface area contributed by atoms with Gasteiger partial charge in [0.1, 0.15) is 5.82 Å². The molecule has 0 saturated heterocycles. The van der Waals surface area contributed by atoms with Gasteiger partial charge in [-0.1, -0.05) is 6.07 Å². The smallest absolute Gasteiger partial charge is 0.348 e. The average Bonchev–Trinajstić information content (AvgIpc) is 2.22. The molecule has 0 aromatic heterocycles. The highest BCUT2D eigenvalue weighted by molar-refractivity contribution is 9.10. The van der Waals surface area contributed by atoms with Crippen molar-refractivity contribution in [2.75, 3.05) is 6.54 Å². The minimum atomic E-state index is -4.87. The fourth-order valence-corrected chi connectivity index (χ4v) is 1.54. The zero-order valence-electron chi connectivity index (χ0n) is 8.44. The molecule has 1 amide bonds. The Morgan fingerprint density at radius 3 is 2.53 bits per heavy atom. The van der Waals surface area contributed by atoms with Gasteiger partial charge in [0.15, 0.2) is 0 Å². The van der Waals surface area contributed by atoms with Crippen molar-refractivity contribution in [1.82, 2.24) is 5.32 Å². The second-order valence-electron chi connectivity index (χ2n) is 3.25. The second-order valence-corrected chi connectivity index (χ2v) is 4.11. The van der Waals surface area contributed by atoms with Crippen LogP contribution < -0.4 is 5.32 Å². The fraction of sp³-hybridized carbons (Fsp3) is 0.300. The highest BCUT2D eigenvalue weighted by atomic mass is 79.9. The van der Waals surface area contributed by atoms with Crippen molar-refractivity contribution in [2.45, 2.75) is 12.6 Å². The largest absolute Gasteiger partial charge is 0.471 e. The molecule has 1 rings (SSSR count). The Labute approximate surface area is 103 Å². The predicted octanol–water partition coefficient (Wildman–Crippen LogP) is 2.81. The lowest BCUT2D eigenvalue weighted by Crippen LogP contribution is -2.37. The molecule has 0 aliphatic rings. The molecular weight excluding hydrogens is 306 g/mol. The van der Waals surface area contributed by atoms with E-state index in [9.17, 15) is 22.4 Å². The summed E-state index contributed by atoms with van der Waals surface area (Å²) < 4.78 is 48.5. The lowest BCUT2D eigenvalue weighted by atomic mass is 10.1. The molecule has 0 fully saturated rings. The minimum Gasteiger partial charge on any atom is -0.348 e. The van der Waals surface area contributed by atoms with Crippen molar-refractivity contribution >= 4 is 21.8 Å². The van der Waals surface area contributed by atoms with Crippen molar-refractivity contribution < 1.29 is 22.4 Å². The molecule has 17 heavy (non-hydrogen) atoms. The topological polar surface area (TPSA) is 29.1 Å². The number of benzene rings is 1. The minimum absolute atomic E-state index is 0.156. The summed E-state index contributed by atoms with van der Waals surface area (Å²) in [5, 5.41) is 1.73. The molecule has 0 saturated carbocycles. The van der Waals surface area contributed by atoms with E-state index >= 15 is 0 Å². The SMILES string of the molecule is O=C(NCCc1ccc(F)c(Br)c1)C(F)(F)F. The van der Waals surface area contributed by atoms with Crippen molar-refractivity contribution in [3.05, 3.63) is 34.1 Å². The van der Waals surface area contributed by atoms with E-state index in [1.807, 2.05) is 0 Å². The molecule has 0 aliphatic heterocycles. The first kappa shape index (κ1) is 14.0. The van der Waals surface area contributed by atoms with Gasteiger partial charge in [0.2, 0.25) is 0 Å². The number of nitrogens with one attached hydrogen (secondary N) is 1. The monoisotopic (exact) mass is 313 g/mol. The third kappa shape index (κ3) is 4.33. The first-order chi connectivity index (χ1) is 7.80. The van der Waals surface area contributed by atoms with Gasteiger partial charge in [-0.05, 0) is 40.0 Å². The Morgan fingerprint density at radius 2 is 2.00 bits per heavy atom. The number of alkyl halides is 3. The van der Waals surface area contributed by atoms with E-state index in [1.54, 1.807) is 5.32 Å². The van der Waals surface area contributed by atoms with Gasteiger partial charge in [0, 0.05) is 6.54 Å². The summed E-state index contributed by atoms with van der Waals surface area (Å²) in [6.45, 7) is -0.156. The van der Waals surface area contributed by atoms with E-state index in [1.165, 1.54) is 18.2 Å². The van der Waals surface area contributed by atoms with Crippen molar-refractivity contribution in [3.8, 4) is 0 Å².